The Balaban J connectivity index is 0.000000130. The first kappa shape index (κ1) is 88.2. The molecule has 14 aromatic rings. The van der Waals surface area contributed by atoms with Crippen molar-refractivity contribution in [2.45, 2.75) is 142 Å². The van der Waals surface area contributed by atoms with E-state index in [0.717, 1.165) is 126 Å². The van der Waals surface area contributed by atoms with Crippen LogP contribution in [0.2, 0.25) is 0 Å². The molecule has 20 rings (SSSR count). The predicted octanol–water partition coefficient (Wildman–Crippen LogP) is 10.6. The second-order valence-electron chi connectivity index (χ2n) is 29.6. The van der Waals surface area contributed by atoms with Crippen LogP contribution in [0.25, 0.3) is 99.9 Å². The van der Waals surface area contributed by atoms with Crippen molar-refractivity contribution in [2.75, 3.05) is 73.0 Å². The molecule has 0 atom stereocenters. The smallest absolute Gasteiger partial charge is 0.475 e. The van der Waals surface area contributed by atoms with Crippen LogP contribution in [-0.2, 0) is 43.3 Å². The number of rotatable bonds is 10. The number of nitrogens with one attached hydrogen (secondary N) is 2. The summed E-state index contributed by atoms with van der Waals surface area (Å²) in [6, 6.07) is 17.4. The van der Waals surface area contributed by atoms with Crippen molar-refractivity contribution in [3.05, 3.63) is 87.3 Å². The maximum absolute atomic E-state index is 10.6. The van der Waals surface area contributed by atoms with Crippen molar-refractivity contribution in [1.82, 2.24) is 99.7 Å². The largest absolute Gasteiger partial charge is 0.494 e. The Bertz CT molecular complexity index is 5680. The Labute approximate surface area is 705 Å². The molecule has 46 heteroatoms. The fourth-order valence-corrected chi connectivity index (χ4v) is 14.1. The number of benzene rings is 3. The average molecular weight is 1890 g/mol. The molecule has 0 amide bonds. The van der Waals surface area contributed by atoms with Crippen molar-refractivity contribution < 1.29 is 73.4 Å². The number of aliphatic carboxylic acids is 1. The number of carboxylic acids is 1. The molecule has 11 aromatic heterocycles. The van der Waals surface area contributed by atoms with Gasteiger partial charge in [-0.3, -0.25) is 9.89 Å². The van der Waals surface area contributed by atoms with Gasteiger partial charge in [0.25, 0.3) is 18.0 Å². The highest BCUT2D eigenvalue weighted by Crippen LogP contribution is 2.39. The number of nitrogen functional groups attached to an aromatic ring is 7. The molecule has 0 unspecified atom stereocenters. The van der Waals surface area contributed by atoms with Crippen molar-refractivity contribution in [1.29, 1.82) is 0 Å². The topological polar surface area (TPSA) is 560 Å². The van der Waals surface area contributed by atoms with Crippen molar-refractivity contribution in [3.8, 4) is 22.5 Å². The molecule has 0 bridgehead atoms. The fraction of sp³-hybridized carbons (Fsp3) is 0.419. The number of aliphatic hydroxyl groups is 1. The summed E-state index contributed by atoms with van der Waals surface area (Å²) in [6.45, 7) is 15.1. The van der Waals surface area contributed by atoms with Crippen LogP contribution in [-0.4, -0.2) is 180 Å². The van der Waals surface area contributed by atoms with Crippen LogP contribution in [0.5, 0.6) is 0 Å². The summed E-state index contributed by atoms with van der Waals surface area (Å²) in [4.78, 5) is 63.2. The molecule has 636 valence electrons. The maximum atomic E-state index is 10.6. The molecule has 14 heterocycles. The van der Waals surface area contributed by atoms with Gasteiger partial charge in [0.1, 0.15) is 83.9 Å². The van der Waals surface area contributed by atoms with Gasteiger partial charge in [0.15, 0.2) is 39.3 Å². The number of anilines is 7. The second kappa shape index (κ2) is 38.1. The Hall–Kier alpha value is -11.1. The van der Waals surface area contributed by atoms with Gasteiger partial charge in [0.2, 0.25) is 6.29 Å². The highest BCUT2D eigenvalue weighted by molar-refractivity contribution is 14.1. The zero-order valence-corrected chi connectivity index (χ0v) is 69.5. The number of aromatic amines is 1. The van der Waals surface area contributed by atoms with Gasteiger partial charge in [0.05, 0.1) is 32.7 Å². The molecule has 6 fully saturated rings. The van der Waals surface area contributed by atoms with Crippen LogP contribution in [0.3, 0.4) is 0 Å². The number of H-pyrrole nitrogens is 1. The number of hydrogen-bond donors (Lipinski definition) is 11. The number of aldehydes is 1. The Morgan fingerprint density at radius 1 is 0.550 bits per heavy atom. The molecule has 3 aliphatic heterocycles. The zero-order chi connectivity index (χ0) is 86.0. The van der Waals surface area contributed by atoms with Gasteiger partial charge in [-0.05, 0) is 196 Å². The Kier molecular flexibility index (Phi) is 28.0. The number of nitrogens with two attached hydrogens (primary N) is 7. The number of alkyl halides is 6. The van der Waals surface area contributed by atoms with Gasteiger partial charge in [0, 0.05) is 69.6 Å². The molecule has 3 aromatic carbocycles. The lowest BCUT2D eigenvalue weighted by molar-refractivity contribution is -0.192. The molecule has 37 nitrogen and oxygen atoms in total. The first-order chi connectivity index (χ1) is 57.1. The molecular formula is C74H86BF6I2N27O10. The standard InChI is InChI=1S/C17H17N7O.C16H16N8O.C13H17BN2O3.C10H12IN5.C5H4IN5.C5H10O.C4H8O.C2HF3O2.C2HF3O/c18-15-13-14(10-4-5-12-11(6-10)22-17(19)25-12)23-24(7-9-2-1-3-9)16(13)21-8-20-15;17-14-12-13(9-1-2-11-10(3-9)22-16(18)25-11)23-24(6-8-4-19-5-8)15(12)21-7-20-14;1-12(2)13(3,4)19-14(18-12)8-5-6-10-9(7-8)16-11(15)17-10;11-8-7-9(12)13-5-14-10(7)16(15-8)4-6-2-1-3-6;6-3-2-4(7)8-1-9-5(2)11-10-3;6-4-5-2-1-3-5;1-2-4-5-3-1;3-2(4,5)1(6)7;3-2(4,5)1-6/h4-6,8-9H,1-3,7H2,(H2,19,22)(H2,18,20,21);1-3,7-8,19H,4-6H2,(H2,18,22)(H2,17,20,21);5-7H,1-4H3,(H2,15,16);5-6H,1-4H2,(H2,12,13,14);1H,(H3,7,8,9,10,11);5-6H,1-4H2;1-4H2;(H,6,7);1H. The molecule has 3 aliphatic carbocycles. The maximum Gasteiger partial charge on any atom is 0.494 e. The van der Waals surface area contributed by atoms with E-state index in [-0.39, 0.29) is 29.2 Å². The summed E-state index contributed by atoms with van der Waals surface area (Å²) in [5.41, 5.74) is 51.0. The molecule has 120 heavy (non-hydrogen) atoms. The van der Waals surface area contributed by atoms with E-state index in [2.05, 4.69) is 121 Å². The van der Waals surface area contributed by atoms with E-state index in [1.165, 1.54) is 95.9 Å². The zero-order valence-electron chi connectivity index (χ0n) is 65.2. The minimum atomic E-state index is -5.08. The molecular weight excluding hydrogens is 1810 g/mol. The number of hydrogen-bond acceptors (Lipinski definition) is 32. The van der Waals surface area contributed by atoms with Crippen molar-refractivity contribution in [2.24, 2.45) is 23.7 Å². The Morgan fingerprint density at radius 2 is 0.942 bits per heavy atom. The molecule has 3 saturated carbocycles. The van der Waals surface area contributed by atoms with Crippen LogP contribution in [0, 0.1) is 31.1 Å². The first-order valence-corrected chi connectivity index (χ1v) is 40.0. The van der Waals surface area contributed by atoms with Crippen LogP contribution in [0.1, 0.15) is 98.3 Å². The Morgan fingerprint density at radius 3 is 1.31 bits per heavy atom. The number of aromatic nitrogens is 19. The number of carbonyl (C=O) groups is 2. The van der Waals surface area contributed by atoms with Gasteiger partial charge >= 0.3 is 25.4 Å². The summed E-state index contributed by atoms with van der Waals surface area (Å²) in [7, 11) is -0.396. The predicted molar refractivity (Wildman–Crippen MR) is 451 cm³/mol. The molecule has 6 aliphatic rings. The molecule has 0 radical (unpaired) electrons. The highest BCUT2D eigenvalue weighted by Gasteiger charge is 2.52. The number of ether oxygens (including phenoxy) is 1. The SMILES string of the molecule is C1CCOC1.CC1(C)OB(c2ccc3oc(N)nc3c2)OC1(C)C.Nc1nc2cc(-c3nn(CC4CCC4)c4ncnc(N)c34)ccc2o1.Nc1nc2cc(-c3nn(CC4CNC4)c4ncnc(N)c34)ccc2o1.Nc1ncnc2c1c(I)nn2CC1CCC1.Nc1ncnc2n[nH]c(I)c12.O=C(O)C(F)(F)F.O=CC(F)(F)F.OCC1CCC1. The van der Waals surface area contributed by atoms with Crippen molar-refractivity contribution in [3.63, 3.8) is 0 Å². The van der Waals surface area contributed by atoms with Crippen LogP contribution in [0.4, 0.5) is 67.7 Å². The third-order valence-corrected chi connectivity index (χ3v) is 22.1. The van der Waals surface area contributed by atoms with Crippen LogP contribution >= 0.6 is 45.2 Å². The normalized spacial score (nSPS) is 16.2. The quantitative estimate of drug-likeness (QED) is 0.0262. The lowest BCUT2D eigenvalue weighted by atomic mass is 9.79. The van der Waals surface area contributed by atoms with E-state index >= 15 is 0 Å². The first-order valence-electron chi connectivity index (χ1n) is 37.9. The summed E-state index contributed by atoms with van der Waals surface area (Å²) >= 11 is 4.29. The van der Waals surface area contributed by atoms with Gasteiger partial charge in [-0.25, -0.2) is 58.7 Å². The second-order valence-corrected chi connectivity index (χ2v) is 31.7. The van der Waals surface area contributed by atoms with E-state index in [1.54, 1.807) is 0 Å². The average Bonchev–Trinajstić information content (AvgIpc) is 1.62. The number of aliphatic hydroxyl groups excluding tert-OH is 1. The van der Waals surface area contributed by atoms with Crippen LogP contribution in [0.15, 0.2) is 93.2 Å². The third-order valence-electron chi connectivity index (χ3n) is 20.6. The number of carboxylic acid groups (broad SMARTS) is 1. The lowest BCUT2D eigenvalue weighted by Gasteiger charge is -2.32. The monoisotopic (exact) mass is 1890 g/mol. The van der Waals surface area contributed by atoms with E-state index < -0.39 is 31.7 Å². The van der Waals surface area contributed by atoms with Crippen LogP contribution < -0.4 is 50.9 Å². The van der Waals surface area contributed by atoms with Gasteiger partial charge in [-0.15, -0.1) is 0 Å². The van der Waals surface area contributed by atoms with E-state index in [4.69, 9.17) is 97.4 Å². The highest BCUT2D eigenvalue weighted by atomic mass is 127. The molecule has 0 spiro atoms. The van der Waals surface area contributed by atoms with Gasteiger partial charge in [-0.1, -0.05) is 25.3 Å². The van der Waals surface area contributed by atoms with Gasteiger partial charge in [-0.2, -0.15) is 61.7 Å². The van der Waals surface area contributed by atoms with Crippen molar-refractivity contribution >= 4 is 189 Å². The van der Waals surface area contributed by atoms with E-state index in [0.29, 0.717) is 86.6 Å². The fourth-order valence-electron chi connectivity index (χ4n) is 12.7. The molecule has 3 saturated heterocycles. The number of halogens is 8. The minimum Gasteiger partial charge on any atom is -0.475 e. The number of fused-ring (bicyclic) bond motifs is 7. The lowest BCUT2D eigenvalue weighted by Crippen LogP contribution is -2.44. The van der Waals surface area contributed by atoms with E-state index in [9.17, 15) is 26.3 Å². The molecule has 18 N–H and O–H groups in total. The minimum absolute atomic E-state index is 0.142. The third kappa shape index (κ3) is 21.5. The number of oxazole rings is 3. The summed E-state index contributed by atoms with van der Waals surface area (Å²) in [5.74, 6) is 1.71. The van der Waals surface area contributed by atoms with Gasteiger partial charge < -0.3 is 83.0 Å². The number of carbonyl (C=O) groups excluding carboxylic acids is 1. The summed E-state index contributed by atoms with van der Waals surface area (Å²) < 4.78 is 103. The van der Waals surface area contributed by atoms with E-state index in [1.807, 2.05) is 96.3 Å². The summed E-state index contributed by atoms with van der Waals surface area (Å²) in [6.07, 6.45) is 9.21. The summed E-state index contributed by atoms with van der Waals surface area (Å²) in [5, 5.41) is 42.8. The number of nitrogens with zero attached hydrogens (tertiary/aromatic N) is 18.